The first-order valence-electron chi connectivity index (χ1n) is 9.29. The van der Waals surface area contributed by atoms with Crippen molar-refractivity contribution in [3.63, 3.8) is 0 Å². The number of rotatable bonds is 5. The summed E-state index contributed by atoms with van der Waals surface area (Å²) in [6.07, 6.45) is 3.56. The maximum Gasteiger partial charge on any atom is 0.271 e. The first-order valence-corrected chi connectivity index (χ1v) is 10.1. The minimum Gasteiger partial charge on any atom is -0.497 e. The molecule has 9 heteroatoms. The number of nitro benzene ring substituents is 1. The minimum absolute atomic E-state index is 0.00441. The van der Waals surface area contributed by atoms with Crippen LogP contribution in [-0.4, -0.2) is 39.6 Å². The fourth-order valence-electron chi connectivity index (χ4n) is 3.06. The van der Waals surface area contributed by atoms with Crippen molar-refractivity contribution in [2.75, 3.05) is 14.2 Å². The second kappa shape index (κ2) is 8.49. The molecule has 1 aliphatic heterocycles. The highest BCUT2D eigenvalue weighted by molar-refractivity contribution is 8.18. The summed E-state index contributed by atoms with van der Waals surface area (Å²) in [5.41, 5.74) is 2.09. The second-order valence-corrected chi connectivity index (χ2v) is 7.66. The Kier molecular flexibility index (Phi) is 5.59. The summed E-state index contributed by atoms with van der Waals surface area (Å²) in [6, 6.07) is 17.3. The van der Waals surface area contributed by atoms with Crippen LogP contribution in [-0.2, 0) is 4.79 Å². The molecule has 0 aliphatic carbocycles. The Morgan fingerprint density at radius 2 is 1.90 bits per heavy atom. The molecule has 0 atom stereocenters. The molecule has 156 valence electrons. The Morgan fingerprint density at radius 3 is 2.61 bits per heavy atom. The van der Waals surface area contributed by atoms with Gasteiger partial charge in [0, 0.05) is 31.1 Å². The van der Waals surface area contributed by atoms with Gasteiger partial charge in [0.15, 0.2) is 5.17 Å². The van der Waals surface area contributed by atoms with E-state index >= 15 is 0 Å². The van der Waals surface area contributed by atoms with Gasteiger partial charge in [-0.1, -0.05) is 6.07 Å². The summed E-state index contributed by atoms with van der Waals surface area (Å²) in [5.74, 6) is 0.569. The van der Waals surface area contributed by atoms with E-state index < -0.39 is 4.92 Å². The third-order valence-electron chi connectivity index (χ3n) is 4.68. The van der Waals surface area contributed by atoms with Crippen molar-refractivity contribution in [1.29, 1.82) is 0 Å². The Labute approximate surface area is 182 Å². The highest BCUT2D eigenvalue weighted by atomic mass is 32.2. The zero-order valence-electron chi connectivity index (χ0n) is 16.8. The number of carbonyl (C=O) groups excluding carboxylic acids is 1. The molecule has 1 fully saturated rings. The van der Waals surface area contributed by atoms with Gasteiger partial charge < -0.3 is 9.30 Å². The van der Waals surface area contributed by atoms with Gasteiger partial charge in [0.2, 0.25) is 0 Å². The maximum absolute atomic E-state index is 12.8. The fourth-order valence-corrected chi connectivity index (χ4v) is 4.03. The molecule has 1 saturated heterocycles. The number of methoxy groups -OCH3 is 1. The molecular formula is C22H18N4O4S. The van der Waals surface area contributed by atoms with E-state index in [-0.39, 0.29) is 11.6 Å². The predicted octanol–water partition coefficient (Wildman–Crippen LogP) is 4.63. The number of ether oxygens (including phenoxy) is 1. The standard InChI is InChI=1S/C22H18N4O4S/c1-24-21(27)20(31-22(24)23-15-8-10-19(30-2)11-9-15)14-17-7-4-12-25(17)16-5-3-6-18(13-16)26(28)29/h3-14H,1-2H3/b20-14-,23-22?. The van der Waals surface area contributed by atoms with Gasteiger partial charge in [0.05, 0.1) is 28.3 Å². The summed E-state index contributed by atoms with van der Waals surface area (Å²) in [7, 11) is 3.28. The number of likely N-dealkylation sites (N-methyl/N-ethyl adjacent to an activating group) is 1. The lowest BCUT2D eigenvalue weighted by molar-refractivity contribution is -0.384. The van der Waals surface area contributed by atoms with Gasteiger partial charge in [-0.25, -0.2) is 4.99 Å². The van der Waals surface area contributed by atoms with Crippen LogP contribution in [0.2, 0.25) is 0 Å². The number of aliphatic imine (C=N–C) groups is 1. The Balaban J connectivity index is 1.64. The van der Waals surface area contributed by atoms with Crippen LogP contribution in [0, 0.1) is 10.1 Å². The van der Waals surface area contributed by atoms with Gasteiger partial charge in [0.1, 0.15) is 5.75 Å². The number of hydrogen-bond donors (Lipinski definition) is 0. The monoisotopic (exact) mass is 434 g/mol. The number of hydrogen-bond acceptors (Lipinski definition) is 6. The number of benzene rings is 2. The van der Waals surface area contributed by atoms with Gasteiger partial charge in [0.25, 0.3) is 11.6 Å². The molecule has 4 rings (SSSR count). The van der Waals surface area contributed by atoms with Crippen molar-refractivity contribution < 1.29 is 14.5 Å². The van der Waals surface area contributed by atoms with E-state index in [1.165, 1.54) is 28.8 Å². The molecular weight excluding hydrogens is 416 g/mol. The molecule has 0 saturated carbocycles. The normalized spacial score (nSPS) is 16.3. The molecule has 0 radical (unpaired) electrons. The molecule has 8 nitrogen and oxygen atoms in total. The van der Waals surface area contributed by atoms with Crippen LogP contribution in [0.5, 0.6) is 5.75 Å². The lowest BCUT2D eigenvalue weighted by atomic mass is 10.2. The van der Waals surface area contributed by atoms with Crippen molar-refractivity contribution in [2.45, 2.75) is 0 Å². The third kappa shape index (κ3) is 4.22. The molecule has 0 bridgehead atoms. The number of nitro groups is 1. The zero-order chi connectivity index (χ0) is 22.0. The largest absolute Gasteiger partial charge is 0.497 e. The van der Waals surface area contributed by atoms with Gasteiger partial charge in [-0.15, -0.1) is 0 Å². The Bertz CT molecular complexity index is 1210. The van der Waals surface area contributed by atoms with E-state index in [4.69, 9.17) is 4.74 Å². The molecule has 1 aromatic heterocycles. The van der Waals surface area contributed by atoms with E-state index in [2.05, 4.69) is 4.99 Å². The van der Waals surface area contributed by atoms with Gasteiger partial charge >= 0.3 is 0 Å². The number of aromatic nitrogens is 1. The van der Waals surface area contributed by atoms with Crippen molar-refractivity contribution in [2.24, 2.45) is 4.99 Å². The van der Waals surface area contributed by atoms with Crippen LogP contribution >= 0.6 is 11.8 Å². The molecule has 0 spiro atoms. The lowest BCUT2D eigenvalue weighted by Gasteiger charge is -2.07. The van der Waals surface area contributed by atoms with Crippen molar-refractivity contribution >= 4 is 40.3 Å². The van der Waals surface area contributed by atoms with Crippen LogP contribution in [0.25, 0.3) is 11.8 Å². The summed E-state index contributed by atoms with van der Waals surface area (Å²) in [6.45, 7) is 0. The van der Waals surface area contributed by atoms with E-state index in [1.807, 2.05) is 36.4 Å². The lowest BCUT2D eigenvalue weighted by Crippen LogP contribution is -2.23. The average molecular weight is 434 g/mol. The van der Waals surface area contributed by atoms with Crippen LogP contribution < -0.4 is 4.74 Å². The Morgan fingerprint density at radius 1 is 1.13 bits per heavy atom. The van der Waals surface area contributed by atoms with Crippen LogP contribution in [0.4, 0.5) is 11.4 Å². The molecule has 1 aliphatic rings. The predicted molar refractivity (Wildman–Crippen MR) is 121 cm³/mol. The van der Waals surface area contributed by atoms with E-state index in [0.29, 0.717) is 21.4 Å². The summed E-state index contributed by atoms with van der Waals surface area (Å²) in [5, 5.41) is 11.7. The summed E-state index contributed by atoms with van der Waals surface area (Å²) < 4.78 is 6.95. The van der Waals surface area contributed by atoms with E-state index in [9.17, 15) is 14.9 Å². The zero-order valence-corrected chi connectivity index (χ0v) is 17.6. The van der Waals surface area contributed by atoms with E-state index in [1.54, 1.807) is 43.1 Å². The van der Waals surface area contributed by atoms with Crippen LogP contribution in [0.1, 0.15) is 5.69 Å². The SMILES string of the molecule is COc1ccc(N=C2S/C(=C\c3cccn3-c3cccc([N+](=O)[O-])c3)C(=O)N2C)cc1. The maximum atomic E-state index is 12.8. The van der Waals surface area contributed by atoms with Crippen molar-refractivity contribution in [3.05, 3.63) is 87.6 Å². The van der Waals surface area contributed by atoms with Crippen molar-refractivity contribution in [3.8, 4) is 11.4 Å². The van der Waals surface area contributed by atoms with Gasteiger partial charge in [-0.3, -0.25) is 19.8 Å². The highest BCUT2D eigenvalue weighted by Gasteiger charge is 2.30. The number of carbonyl (C=O) groups is 1. The van der Waals surface area contributed by atoms with Gasteiger partial charge in [-0.2, -0.15) is 0 Å². The number of non-ortho nitro benzene ring substituents is 1. The minimum atomic E-state index is -0.432. The smallest absolute Gasteiger partial charge is 0.271 e. The average Bonchev–Trinajstić information content (AvgIpc) is 3.35. The number of amides is 1. The fraction of sp³-hybridized carbons (Fsp3) is 0.0909. The highest BCUT2D eigenvalue weighted by Crippen LogP contribution is 2.34. The molecule has 31 heavy (non-hydrogen) atoms. The van der Waals surface area contributed by atoms with Crippen LogP contribution in [0.15, 0.2) is 76.8 Å². The Hall–Kier alpha value is -3.85. The quantitative estimate of drug-likeness (QED) is 0.332. The molecule has 3 aromatic rings. The first-order chi connectivity index (χ1) is 15.0. The topological polar surface area (TPSA) is 90.0 Å². The van der Waals surface area contributed by atoms with Crippen LogP contribution in [0.3, 0.4) is 0 Å². The second-order valence-electron chi connectivity index (χ2n) is 6.65. The first kappa shape index (κ1) is 20.4. The summed E-state index contributed by atoms with van der Waals surface area (Å²) >= 11 is 1.28. The molecule has 1 amide bonds. The van der Waals surface area contributed by atoms with Crippen molar-refractivity contribution in [1.82, 2.24) is 9.47 Å². The third-order valence-corrected chi connectivity index (χ3v) is 5.74. The number of amidine groups is 1. The molecule has 0 N–H and O–H groups in total. The molecule has 0 unspecified atom stereocenters. The number of thioether (sulfide) groups is 1. The number of nitrogens with zero attached hydrogens (tertiary/aromatic N) is 4. The van der Waals surface area contributed by atoms with E-state index in [0.717, 1.165) is 11.4 Å². The molecule has 2 aromatic carbocycles. The summed E-state index contributed by atoms with van der Waals surface area (Å²) in [4.78, 5) is 30.0. The molecule has 2 heterocycles. The van der Waals surface area contributed by atoms with Gasteiger partial charge in [-0.05, 0) is 60.3 Å².